The van der Waals surface area contributed by atoms with Gasteiger partial charge in [-0.15, -0.1) is 0 Å². The van der Waals surface area contributed by atoms with Crippen molar-refractivity contribution >= 4 is 14.3 Å². The van der Waals surface area contributed by atoms with E-state index in [-0.39, 0.29) is 17.5 Å². The molecule has 4 saturated carbocycles. The molecule has 8 atom stereocenters. The summed E-state index contributed by atoms with van der Waals surface area (Å²) in [5.41, 5.74) is -0.238. The van der Waals surface area contributed by atoms with E-state index in [9.17, 15) is 10.1 Å². The van der Waals surface area contributed by atoms with Crippen LogP contribution in [0.3, 0.4) is 0 Å². The van der Waals surface area contributed by atoms with Crippen LogP contribution in [0.5, 0.6) is 0 Å². The van der Waals surface area contributed by atoms with Crippen molar-refractivity contribution in [2.75, 3.05) is 0 Å². The van der Waals surface area contributed by atoms with Crippen LogP contribution in [0.25, 0.3) is 0 Å². The van der Waals surface area contributed by atoms with E-state index in [1.54, 1.807) is 0 Å². The molecular weight excluding hydrogens is 390 g/mol. The smallest absolute Gasteiger partial charge is 0.302 e. The highest BCUT2D eigenvalue weighted by molar-refractivity contribution is 6.69. The zero-order valence-electron chi connectivity index (χ0n) is 19.9. The van der Waals surface area contributed by atoms with E-state index in [0.717, 1.165) is 43.9 Å². The lowest BCUT2D eigenvalue weighted by Crippen LogP contribution is -2.58. The van der Waals surface area contributed by atoms with Gasteiger partial charge in [0.25, 0.3) is 0 Å². The lowest BCUT2D eigenvalue weighted by molar-refractivity contribution is -0.163. The van der Waals surface area contributed by atoms with Gasteiger partial charge in [-0.05, 0) is 107 Å². The van der Waals surface area contributed by atoms with Gasteiger partial charge in [-0.1, -0.05) is 13.8 Å². The average molecular weight is 432 g/mol. The predicted molar refractivity (Wildman–Crippen MR) is 120 cm³/mol. The molecule has 4 aliphatic rings. The molecular formula is C25H41NO3Si. The molecule has 30 heavy (non-hydrogen) atoms. The van der Waals surface area contributed by atoms with Crippen molar-refractivity contribution < 1.29 is 14.0 Å². The molecule has 0 N–H and O–H groups in total. The predicted octanol–water partition coefficient (Wildman–Crippen LogP) is 6.07. The van der Waals surface area contributed by atoms with E-state index in [0.29, 0.717) is 17.3 Å². The third kappa shape index (κ3) is 3.37. The Morgan fingerprint density at radius 2 is 1.70 bits per heavy atom. The number of carbonyl (C=O) groups is 1. The van der Waals surface area contributed by atoms with E-state index in [1.807, 2.05) is 0 Å². The molecule has 4 aliphatic carbocycles. The summed E-state index contributed by atoms with van der Waals surface area (Å²) in [5.74, 6) is 2.61. The molecule has 0 heterocycles. The van der Waals surface area contributed by atoms with E-state index in [4.69, 9.17) is 9.16 Å². The summed E-state index contributed by atoms with van der Waals surface area (Å²) in [6.45, 7) is 13.1. The summed E-state index contributed by atoms with van der Waals surface area (Å²) in [6, 6.07) is 2.72. The van der Waals surface area contributed by atoms with Crippen LogP contribution in [0.2, 0.25) is 19.6 Å². The maximum Gasteiger partial charge on any atom is 0.302 e. The van der Waals surface area contributed by atoms with Crippen LogP contribution in [-0.2, 0) is 14.0 Å². The molecule has 0 spiro atoms. The van der Waals surface area contributed by atoms with Gasteiger partial charge in [-0.2, -0.15) is 5.26 Å². The monoisotopic (exact) mass is 431 g/mol. The number of fused-ring (bicyclic) bond motifs is 5. The van der Waals surface area contributed by atoms with Crippen molar-refractivity contribution in [2.24, 2.45) is 34.5 Å². The lowest BCUT2D eigenvalue weighted by Gasteiger charge is -2.61. The third-order valence-corrected chi connectivity index (χ3v) is 10.7. The van der Waals surface area contributed by atoms with Gasteiger partial charge in [0, 0.05) is 12.3 Å². The number of nitrogens with zero attached hydrogens (tertiary/aromatic N) is 1. The van der Waals surface area contributed by atoms with Crippen LogP contribution < -0.4 is 0 Å². The Kier molecular flexibility index (Phi) is 5.46. The van der Waals surface area contributed by atoms with Gasteiger partial charge in [0.15, 0.2) is 8.32 Å². The van der Waals surface area contributed by atoms with E-state index in [1.165, 1.54) is 32.6 Å². The molecule has 4 nitrogen and oxygen atoms in total. The van der Waals surface area contributed by atoms with Crippen LogP contribution in [0.15, 0.2) is 0 Å². The number of hydrogen-bond acceptors (Lipinski definition) is 4. The SMILES string of the molecule is CC(=O)O[C@@H]1CC[C@@]2(C)[C@H](CC[C@H]3[C@H]4CC[C@@](C#N)(O[Si](C)(C)C)[C@@]4(C)CC[C@@H]32)C1. The fourth-order valence-corrected chi connectivity index (χ4v) is 9.88. The third-order valence-electron chi connectivity index (χ3n) is 9.73. The largest absolute Gasteiger partial charge is 0.463 e. The molecule has 168 valence electrons. The second-order valence-corrected chi connectivity index (χ2v) is 16.7. The molecule has 0 aromatic carbocycles. The highest BCUT2D eigenvalue weighted by atomic mass is 28.4. The molecule has 0 aliphatic heterocycles. The Bertz CT molecular complexity index is 742. The molecule has 0 bridgehead atoms. The number of esters is 1. The molecule has 0 aromatic rings. The van der Waals surface area contributed by atoms with Gasteiger partial charge in [0.2, 0.25) is 0 Å². The Hall–Kier alpha value is -0.863. The van der Waals surface area contributed by atoms with Crippen molar-refractivity contribution in [3.8, 4) is 6.07 Å². The van der Waals surface area contributed by atoms with Crippen LogP contribution >= 0.6 is 0 Å². The molecule has 4 fully saturated rings. The molecule has 5 heteroatoms. The Balaban J connectivity index is 1.57. The minimum Gasteiger partial charge on any atom is -0.463 e. The van der Waals surface area contributed by atoms with Crippen molar-refractivity contribution in [3.05, 3.63) is 0 Å². The first-order chi connectivity index (χ1) is 13.9. The fraction of sp³-hybridized carbons (Fsp3) is 0.920. The first-order valence-electron chi connectivity index (χ1n) is 12.2. The summed E-state index contributed by atoms with van der Waals surface area (Å²) in [5, 5.41) is 10.3. The highest BCUT2D eigenvalue weighted by Gasteiger charge is 2.66. The number of rotatable bonds is 3. The second kappa shape index (κ2) is 7.34. The van der Waals surface area contributed by atoms with Crippen LogP contribution in [0.1, 0.15) is 78.6 Å². The molecule has 0 unspecified atom stereocenters. The maximum absolute atomic E-state index is 11.5. The number of ether oxygens (including phenoxy) is 1. The fourth-order valence-electron chi connectivity index (χ4n) is 8.46. The van der Waals surface area contributed by atoms with Gasteiger partial charge in [0.05, 0.1) is 6.07 Å². The van der Waals surface area contributed by atoms with E-state index >= 15 is 0 Å². The molecule has 4 rings (SSSR count). The second-order valence-electron chi connectivity index (χ2n) is 12.3. The van der Waals surface area contributed by atoms with Crippen LogP contribution in [-0.4, -0.2) is 26.0 Å². The zero-order chi connectivity index (χ0) is 21.9. The number of carbonyl (C=O) groups excluding carboxylic acids is 1. The Labute approximate surface area is 184 Å². The average Bonchev–Trinajstić information content (AvgIpc) is 2.93. The molecule has 0 aromatic heterocycles. The lowest BCUT2D eigenvalue weighted by atomic mass is 9.44. The summed E-state index contributed by atoms with van der Waals surface area (Å²) in [7, 11) is -1.81. The van der Waals surface area contributed by atoms with Crippen molar-refractivity contribution in [3.63, 3.8) is 0 Å². The summed E-state index contributed by atoms with van der Waals surface area (Å²) < 4.78 is 12.3. The standard InChI is InChI=1S/C25H41NO3Si/c1-17(27)28-19-9-12-23(2)18(15-19)7-8-20-21(23)10-13-24(3)22(20)11-14-25(24,16-26)29-30(4,5)6/h18-22H,7-15H2,1-6H3/t18-,19-,20-,21+,22-,23+,24+,25+/m1/s1. The number of nitriles is 1. The first kappa shape index (κ1) is 22.3. The Morgan fingerprint density at radius 3 is 2.33 bits per heavy atom. The van der Waals surface area contributed by atoms with Gasteiger partial charge in [-0.3, -0.25) is 4.79 Å². The van der Waals surface area contributed by atoms with Crippen molar-refractivity contribution in [2.45, 2.75) is 110 Å². The van der Waals surface area contributed by atoms with Gasteiger partial charge >= 0.3 is 5.97 Å². The summed E-state index contributed by atoms with van der Waals surface area (Å²) in [6.07, 6.45) is 10.3. The van der Waals surface area contributed by atoms with Crippen LogP contribution in [0, 0.1) is 45.8 Å². The van der Waals surface area contributed by atoms with Gasteiger partial charge < -0.3 is 9.16 Å². The maximum atomic E-state index is 11.5. The number of hydrogen-bond donors (Lipinski definition) is 0. The molecule has 0 radical (unpaired) electrons. The minimum atomic E-state index is -1.81. The molecule has 0 amide bonds. The van der Waals surface area contributed by atoms with Crippen molar-refractivity contribution in [1.82, 2.24) is 0 Å². The quantitative estimate of drug-likeness (QED) is 0.402. The first-order valence-corrected chi connectivity index (χ1v) is 15.6. The Morgan fingerprint density at radius 1 is 1.00 bits per heavy atom. The van der Waals surface area contributed by atoms with E-state index < -0.39 is 13.9 Å². The highest BCUT2D eigenvalue weighted by Crippen LogP contribution is 2.69. The van der Waals surface area contributed by atoms with Crippen LogP contribution in [0.4, 0.5) is 0 Å². The topological polar surface area (TPSA) is 59.3 Å². The van der Waals surface area contributed by atoms with E-state index in [2.05, 4.69) is 39.6 Å². The summed E-state index contributed by atoms with van der Waals surface area (Å²) >= 11 is 0. The van der Waals surface area contributed by atoms with Gasteiger partial charge in [-0.25, -0.2) is 0 Å². The minimum absolute atomic E-state index is 0.0126. The summed E-state index contributed by atoms with van der Waals surface area (Å²) in [4.78, 5) is 11.5. The van der Waals surface area contributed by atoms with Gasteiger partial charge in [0.1, 0.15) is 11.7 Å². The molecule has 0 saturated heterocycles. The van der Waals surface area contributed by atoms with Crippen molar-refractivity contribution in [1.29, 1.82) is 5.26 Å². The normalized spacial score (nSPS) is 48.1. The zero-order valence-corrected chi connectivity index (χ0v) is 20.9.